The summed E-state index contributed by atoms with van der Waals surface area (Å²) in [6.07, 6.45) is 6.23. The van der Waals surface area contributed by atoms with Crippen molar-refractivity contribution in [2.24, 2.45) is 5.92 Å². The molecule has 2 atom stereocenters. The minimum atomic E-state index is -0.0158. The van der Waals surface area contributed by atoms with Gasteiger partial charge in [-0.1, -0.05) is 20.8 Å². The van der Waals surface area contributed by atoms with Gasteiger partial charge in [0.15, 0.2) is 0 Å². The molecule has 0 radical (unpaired) electrons. The number of anilines is 1. The molecule has 1 saturated heterocycles. The van der Waals surface area contributed by atoms with Crippen molar-refractivity contribution in [2.75, 3.05) is 18.8 Å². The summed E-state index contributed by atoms with van der Waals surface area (Å²) in [6, 6.07) is 0. The highest BCUT2D eigenvalue weighted by Gasteiger charge is 2.58. The van der Waals surface area contributed by atoms with E-state index in [0.717, 1.165) is 36.0 Å². The summed E-state index contributed by atoms with van der Waals surface area (Å²) in [4.78, 5) is 9.37. The van der Waals surface area contributed by atoms with Gasteiger partial charge in [-0.2, -0.15) is 0 Å². The first kappa shape index (κ1) is 13.1. The molecule has 3 heterocycles. The summed E-state index contributed by atoms with van der Waals surface area (Å²) < 4.78 is 2.15. The van der Waals surface area contributed by atoms with Gasteiger partial charge in [0.1, 0.15) is 17.2 Å². The molecule has 2 aliphatic rings. The Morgan fingerprint density at radius 1 is 1.43 bits per heavy atom. The van der Waals surface area contributed by atoms with Crippen LogP contribution in [0.3, 0.4) is 0 Å². The van der Waals surface area contributed by atoms with Gasteiger partial charge in [-0.3, -0.25) is 4.40 Å². The number of nitrogens with zero attached hydrogens (tertiary/aromatic N) is 3. The van der Waals surface area contributed by atoms with Crippen LogP contribution < -0.4 is 11.1 Å². The zero-order valence-corrected chi connectivity index (χ0v) is 13.0. The first-order chi connectivity index (χ1) is 9.93. The van der Waals surface area contributed by atoms with E-state index in [1.807, 2.05) is 6.20 Å². The average Bonchev–Trinajstić information content (AvgIpc) is 3.02. The normalized spacial score (nSPS) is 28.6. The maximum atomic E-state index is 6.21. The van der Waals surface area contributed by atoms with Gasteiger partial charge in [-0.15, -0.1) is 0 Å². The quantitative estimate of drug-likeness (QED) is 0.839. The lowest BCUT2D eigenvalue weighted by Gasteiger charge is -2.22. The van der Waals surface area contributed by atoms with Crippen molar-refractivity contribution in [2.45, 2.75) is 44.4 Å². The average molecular weight is 285 g/mol. The van der Waals surface area contributed by atoms with E-state index in [1.165, 1.54) is 12.8 Å². The number of nitrogens with one attached hydrogen (secondary N) is 1. The topological polar surface area (TPSA) is 68.2 Å². The van der Waals surface area contributed by atoms with E-state index >= 15 is 0 Å². The van der Waals surface area contributed by atoms with Crippen LogP contribution in [-0.4, -0.2) is 27.5 Å². The van der Waals surface area contributed by atoms with Gasteiger partial charge in [0.05, 0.1) is 5.69 Å². The van der Waals surface area contributed by atoms with Crippen LogP contribution in [0, 0.1) is 5.92 Å². The summed E-state index contributed by atoms with van der Waals surface area (Å²) in [6.45, 7) is 8.73. The number of piperidine rings is 1. The fourth-order valence-corrected chi connectivity index (χ4v) is 3.88. The Labute approximate surface area is 125 Å². The summed E-state index contributed by atoms with van der Waals surface area (Å²) in [5, 5.41) is 3.54. The SMILES string of the molecule is CC(C)(C)c1nc([C@@]23CNCC[C@H]2C3)c2c(N)nccn12. The van der Waals surface area contributed by atoms with Crippen LogP contribution in [0.5, 0.6) is 0 Å². The Balaban J connectivity index is 1.98. The summed E-state index contributed by atoms with van der Waals surface area (Å²) in [7, 11) is 0. The van der Waals surface area contributed by atoms with Gasteiger partial charge in [-0.05, 0) is 25.3 Å². The Morgan fingerprint density at radius 2 is 2.24 bits per heavy atom. The van der Waals surface area contributed by atoms with Gasteiger partial charge in [0, 0.05) is 29.8 Å². The van der Waals surface area contributed by atoms with Gasteiger partial charge >= 0.3 is 0 Å². The van der Waals surface area contributed by atoms with Gasteiger partial charge in [0.25, 0.3) is 0 Å². The molecule has 112 valence electrons. The molecule has 2 fully saturated rings. The van der Waals surface area contributed by atoms with Gasteiger partial charge < -0.3 is 11.1 Å². The van der Waals surface area contributed by atoms with Crippen LogP contribution >= 0.6 is 0 Å². The van der Waals surface area contributed by atoms with Crippen LogP contribution in [0.25, 0.3) is 5.52 Å². The molecule has 2 aromatic rings. The minimum absolute atomic E-state index is 0.0158. The van der Waals surface area contributed by atoms with E-state index in [0.29, 0.717) is 5.82 Å². The van der Waals surface area contributed by atoms with Crippen molar-refractivity contribution in [3.8, 4) is 0 Å². The van der Waals surface area contributed by atoms with Gasteiger partial charge in [0.2, 0.25) is 0 Å². The highest BCUT2D eigenvalue weighted by atomic mass is 15.1. The van der Waals surface area contributed by atoms with Crippen LogP contribution in [0.15, 0.2) is 12.4 Å². The van der Waals surface area contributed by atoms with E-state index in [9.17, 15) is 0 Å². The molecule has 4 rings (SSSR count). The lowest BCUT2D eigenvalue weighted by atomic mass is 9.93. The lowest BCUT2D eigenvalue weighted by molar-refractivity contribution is 0.440. The van der Waals surface area contributed by atoms with E-state index < -0.39 is 0 Å². The number of nitrogen functional groups attached to an aromatic ring is 1. The largest absolute Gasteiger partial charge is 0.382 e. The summed E-state index contributed by atoms with van der Waals surface area (Å²) in [5.74, 6) is 2.43. The van der Waals surface area contributed by atoms with Crippen molar-refractivity contribution in [1.82, 2.24) is 19.7 Å². The standard InChI is InChI=1S/C16H23N5/c1-15(2,3)14-20-12(11-13(17)19-6-7-21(11)14)16-8-10(16)4-5-18-9-16/h6-7,10,18H,4-5,8-9H2,1-3H3,(H2,17,19)/t10-,16-/m0/s1. The molecule has 0 amide bonds. The molecule has 0 bridgehead atoms. The Hall–Kier alpha value is -1.62. The highest BCUT2D eigenvalue weighted by Crippen LogP contribution is 2.58. The zero-order valence-electron chi connectivity index (χ0n) is 13.0. The molecule has 1 aliphatic heterocycles. The minimum Gasteiger partial charge on any atom is -0.382 e. The number of aromatic nitrogens is 3. The van der Waals surface area contributed by atoms with Crippen molar-refractivity contribution in [1.29, 1.82) is 0 Å². The van der Waals surface area contributed by atoms with Crippen LogP contribution in [0.1, 0.15) is 45.1 Å². The predicted octanol–water partition coefficient (Wildman–Crippen LogP) is 1.86. The lowest BCUT2D eigenvalue weighted by Crippen LogP contribution is -2.35. The molecule has 0 spiro atoms. The third kappa shape index (κ3) is 1.73. The maximum Gasteiger partial charge on any atom is 0.149 e. The van der Waals surface area contributed by atoms with Gasteiger partial charge in [-0.25, -0.2) is 9.97 Å². The smallest absolute Gasteiger partial charge is 0.149 e. The number of rotatable bonds is 1. The molecule has 0 aromatic carbocycles. The zero-order chi connectivity index (χ0) is 14.8. The van der Waals surface area contributed by atoms with Crippen molar-refractivity contribution >= 4 is 11.3 Å². The first-order valence-electron chi connectivity index (χ1n) is 7.78. The van der Waals surface area contributed by atoms with Crippen molar-refractivity contribution < 1.29 is 0 Å². The molecule has 0 unspecified atom stereocenters. The van der Waals surface area contributed by atoms with Crippen LogP contribution in [-0.2, 0) is 10.8 Å². The second-order valence-electron chi connectivity index (χ2n) is 7.59. The predicted molar refractivity (Wildman–Crippen MR) is 83.4 cm³/mol. The number of hydrogen-bond acceptors (Lipinski definition) is 4. The number of imidazole rings is 1. The van der Waals surface area contributed by atoms with Crippen LogP contribution in [0.2, 0.25) is 0 Å². The maximum absolute atomic E-state index is 6.21. The summed E-state index contributed by atoms with van der Waals surface area (Å²) in [5.41, 5.74) is 8.56. The van der Waals surface area contributed by atoms with Crippen LogP contribution in [0.4, 0.5) is 5.82 Å². The number of hydrogen-bond donors (Lipinski definition) is 2. The van der Waals surface area contributed by atoms with Crippen molar-refractivity contribution in [3.63, 3.8) is 0 Å². The van der Waals surface area contributed by atoms with E-state index in [-0.39, 0.29) is 10.8 Å². The monoisotopic (exact) mass is 285 g/mol. The third-order valence-electron chi connectivity index (χ3n) is 5.07. The molecule has 21 heavy (non-hydrogen) atoms. The molecular formula is C16H23N5. The number of fused-ring (bicyclic) bond motifs is 2. The summed E-state index contributed by atoms with van der Waals surface area (Å²) >= 11 is 0. The first-order valence-corrected chi connectivity index (χ1v) is 7.78. The Bertz CT molecular complexity index is 711. The fraction of sp³-hybridized carbons (Fsp3) is 0.625. The third-order valence-corrected chi connectivity index (χ3v) is 5.07. The molecule has 1 aliphatic carbocycles. The fourth-order valence-electron chi connectivity index (χ4n) is 3.88. The molecule has 3 N–H and O–H groups in total. The Kier molecular flexibility index (Phi) is 2.47. The molecular weight excluding hydrogens is 262 g/mol. The van der Waals surface area contributed by atoms with E-state index in [2.05, 4.69) is 35.5 Å². The highest BCUT2D eigenvalue weighted by molar-refractivity contribution is 5.72. The molecule has 5 nitrogen and oxygen atoms in total. The van der Waals surface area contributed by atoms with E-state index in [4.69, 9.17) is 10.7 Å². The molecule has 2 aromatic heterocycles. The molecule has 1 saturated carbocycles. The second kappa shape index (κ2) is 3.97. The Morgan fingerprint density at radius 3 is 2.95 bits per heavy atom. The second-order valence-corrected chi connectivity index (χ2v) is 7.59. The molecule has 5 heteroatoms. The van der Waals surface area contributed by atoms with E-state index in [1.54, 1.807) is 6.20 Å². The number of nitrogens with two attached hydrogens (primary N) is 1. The van der Waals surface area contributed by atoms with Crippen molar-refractivity contribution in [3.05, 3.63) is 23.9 Å².